The summed E-state index contributed by atoms with van der Waals surface area (Å²) in [6, 6.07) is 11.1. The minimum absolute atomic E-state index is 0.225. The predicted molar refractivity (Wildman–Crippen MR) is 167 cm³/mol. The number of unbranched alkanes of at least 4 members (excludes halogenated alkanes) is 2. The van der Waals surface area contributed by atoms with Gasteiger partial charge in [-0.3, -0.25) is 14.5 Å². The molecule has 0 bridgehead atoms. The standard InChI is InChI=1S/C33H48N4O6/c1-32(2,3)42-30(40)35-20-13-22-36(31(41)43-33(4,5)6)21-9-7-18-34-19-8-10-23-37-28(38)25-16-11-14-24-15-12-17-26(27(24)25)29(37)39/h11-12,14-17,34H,7-10,13,18-23H2,1-6H3,(H,35,40). The van der Waals surface area contributed by atoms with Crippen molar-refractivity contribution in [3.63, 3.8) is 0 Å². The smallest absolute Gasteiger partial charge is 0.410 e. The van der Waals surface area contributed by atoms with Crippen molar-refractivity contribution in [3.05, 3.63) is 47.5 Å². The van der Waals surface area contributed by atoms with Gasteiger partial charge in [-0.1, -0.05) is 24.3 Å². The van der Waals surface area contributed by atoms with Crippen LogP contribution in [-0.2, 0) is 9.47 Å². The van der Waals surface area contributed by atoms with Crippen molar-refractivity contribution >= 4 is 34.8 Å². The lowest BCUT2D eigenvalue weighted by Crippen LogP contribution is -2.41. The van der Waals surface area contributed by atoms with Crippen LogP contribution in [0, 0.1) is 0 Å². The highest BCUT2D eigenvalue weighted by Gasteiger charge is 2.32. The lowest BCUT2D eigenvalue weighted by molar-refractivity contribution is 0.0244. The van der Waals surface area contributed by atoms with E-state index in [2.05, 4.69) is 10.6 Å². The van der Waals surface area contributed by atoms with Crippen LogP contribution in [-0.4, -0.2) is 84.3 Å². The Morgan fingerprint density at radius 3 is 1.88 bits per heavy atom. The Balaban J connectivity index is 1.34. The van der Waals surface area contributed by atoms with Crippen molar-refractivity contribution in [1.82, 2.24) is 20.4 Å². The van der Waals surface area contributed by atoms with Crippen molar-refractivity contribution in [1.29, 1.82) is 0 Å². The predicted octanol–water partition coefficient (Wildman–Crippen LogP) is 5.74. The second-order valence-electron chi connectivity index (χ2n) is 12.9. The number of hydrogen-bond donors (Lipinski definition) is 2. The largest absolute Gasteiger partial charge is 0.444 e. The molecule has 4 amide bonds. The number of nitrogens with one attached hydrogen (secondary N) is 2. The molecule has 0 aliphatic carbocycles. The average molecular weight is 597 g/mol. The lowest BCUT2D eigenvalue weighted by atomic mass is 9.94. The summed E-state index contributed by atoms with van der Waals surface area (Å²) in [4.78, 5) is 53.7. The van der Waals surface area contributed by atoms with Crippen LogP contribution in [0.3, 0.4) is 0 Å². The van der Waals surface area contributed by atoms with Gasteiger partial charge in [-0.25, -0.2) is 9.59 Å². The molecule has 0 saturated carbocycles. The fourth-order valence-electron chi connectivity index (χ4n) is 4.88. The first-order chi connectivity index (χ1) is 20.3. The monoisotopic (exact) mass is 596 g/mol. The Labute approximate surface area is 255 Å². The van der Waals surface area contributed by atoms with Gasteiger partial charge < -0.3 is 25.0 Å². The highest BCUT2D eigenvalue weighted by molar-refractivity contribution is 6.25. The minimum Gasteiger partial charge on any atom is -0.444 e. The number of alkyl carbamates (subject to hydrolysis) is 1. The van der Waals surface area contributed by atoms with E-state index in [1.165, 1.54) is 4.90 Å². The fraction of sp³-hybridized carbons (Fsp3) is 0.576. The first kappa shape index (κ1) is 33.8. The van der Waals surface area contributed by atoms with Crippen molar-refractivity contribution in [3.8, 4) is 0 Å². The van der Waals surface area contributed by atoms with E-state index >= 15 is 0 Å². The number of rotatable bonds is 14. The van der Waals surface area contributed by atoms with Gasteiger partial charge in [0.15, 0.2) is 0 Å². The first-order valence-electron chi connectivity index (χ1n) is 15.3. The molecular weight excluding hydrogens is 548 g/mol. The second kappa shape index (κ2) is 15.2. The lowest BCUT2D eigenvalue weighted by Gasteiger charge is -2.27. The number of carbonyl (C=O) groups excluding carboxylic acids is 4. The average Bonchev–Trinajstić information content (AvgIpc) is 2.91. The number of ether oxygens (including phenoxy) is 2. The van der Waals surface area contributed by atoms with Gasteiger partial charge in [-0.2, -0.15) is 0 Å². The number of imide groups is 1. The molecule has 43 heavy (non-hydrogen) atoms. The zero-order chi connectivity index (χ0) is 31.6. The summed E-state index contributed by atoms with van der Waals surface area (Å²) >= 11 is 0. The molecule has 0 fully saturated rings. The van der Waals surface area contributed by atoms with E-state index in [1.807, 2.05) is 65.8 Å². The Bertz CT molecular complexity index is 1230. The number of hydrogen-bond acceptors (Lipinski definition) is 7. The zero-order valence-corrected chi connectivity index (χ0v) is 26.6. The van der Waals surface area contributed by atoms with Crippen molar-refractivity contribution < 1.29 is 28.7 Å². The Hall–Kier alpha value is -3.66. The highest BCUT2D eigenvalue weighted by Crippen LogP contribution is 2.30. The molecular formula is C33H48N4O6. The third-order valence-electron chi connectivity index (χ3n) is 6.80. The first-order valence-corrected chi connectivity index (χ1v) is 15.3. The molecule has 0 saturated heterocycles. The summed E-state index contributed by atoms with van der Waals surface area (Å²) in [6.07, 6.45) is 2.97. The van der Waals surface area contributed by atoms with Crippen LogP contribution in [0.2, 0.25) is 0 Å². The quantitative estimate of drug-likeness (QED) is 0.211. The molecule has 0 spiro atoms. The summed E-state index contributed by atoms with van der Waals surface area (Å²) in [6.45, 7) is 14.3. The summed E-state index contributed by atoms with van der Waals surface area (Å²) in [5.74, 6) is -0.449. The molecule has 1 aliphatic heterocycles. The van der Waals surface area contributed by atoms with Crippen molar-refractivity contribution in [2.75, 3.05) is 39.3 Å². The topological polar surface area (TPSA) is 117 Å². The van der Waals surface area contributed by atoms with E-state index in [0.717, 1.165) is 43.1 Å². The Morgan fingerprint density at radius 1 is 0.744 bits per heavy atom. The molecule has 0 aromatic heterocycles. The van der Waals surface area contributed by atoms with Gasteiger partial charge in [0.05, 0.1) is 0 Å². The van der Waals surface area contributed by atoms with E-state index < -0.39 is 17.3 Å². The molecule has 2 aromatic carbocycles. The van der Waals surface area contributed by atoms with E-state index in [1.54, 1.807) is 17.0 Å². The molecule has 236 valence electrons. The molecule has 10 heteroatoms. The highest BCUT2D eigenvalue weighted by atomic mass is 16.6. The van der Waals surface area contributed by atoms with Crippen LogP contribution in [0.4, 0.5) is 9.59 Å². The maximum absolute atomic E-state index is 13.0. The van der Waals surface area contributed by atoms with Crippen molar-refractivity contribution in [2.24, 2.45) is 0 Å². The normalized spacial score (nSPS) is 13.3. The van der Waals surface area contributed by atoms with Gasteiger partial charge in [0.2, 0.25) is 0 Å². The van der Waals surface area contributed by atoms with E-state index in [-0.39, 0.29) is 17.9 Å². The molecule has 0 unspecified atom stereocenters. The number of carbonyl (C=O) groups is 4. The molecule has 1 heterocycles. The molecule has 1 aliphatic rings. The number of nitrogens with zero attached hydrogens (tertiary/aromatic N) is 2. The number of benzene rings is 2. The van der Waals surface area contributed by atoms with Crippen LogP contribution in [0.5, 0.6) is 0 Å². The minimum atomic E-state index is -0.591. The van der Waals surface area contributed by atoms with Crippen molar-refractivity contribution in [2.45, 2.75) is 84.8 Å². The summed E-state index contributed by atoms with van der Waals surface area (Å²) in [7, 11) is 0. The molecule has 10 nitrogen and oxygen atoms in total. The summed E-state index contributed by atoms with van der Waals surface area (Å²) in [5, 5.41) is 7.80. The van der Waals surface area contributed by atoms with Gasteiger partial charge in [-0.15, -0.1) is 0 Å². The SMILES string of the molecule is CC(C)(C)OC(=O)NCCCN(CCCCNCCCCN1C(=O)c2cccc3cccc(c23)C1=O)C(=O)OC(C)(C)C. The van der Waals surface area contributed by atoms with Crippen LogP contribution in [0.1, 0.15) is 94.4 Å². The van der Waals surface area contributed by atoms with Crippen LogP contribution >= 0.6 is 0 Å². The maximum atomic E-state index is 13.0. The second-order valence-corrected chi connectivity index (χ2v) is 12.9. The summed E-state index contributed by atoms with van der Waals surface area (Å²) < 4.78 is 10.8. The maximum Gasteiger partial charge on any atom is 0.410 e. The third kappa shape index (κ3) is 10.5. The fourth-order valence-corrected chi connectivity index (χ4v) is 4.88. The van der Waals surface area contributed by atoms with Crippen LogP contribution in [0.15, 0.2) is 36.4 Å². The van der Waals surface area contributed by atoms with Gasteiger partial charge in [-0.05, 0) is 104 Å². The van der Waals surface area contributed by atoms with Crippen LogP contribution in [0.25, 0.3) is 10.8 Å². The Kier molecular flexibility index (Phi) is 11.9. The van der Waals surface area contributed by atoms with Crippen LogP contribution < -0.4 is 10.6 Å². The zero-order valence-electron chi connectivity index (χ0n) is 26.6. The third-order valence-corrected chi connectivity index (χ3v) is 6.80. The Morgan fingerprint density at radius 2 is 1.30 bits per heavy atom. The van der Waals surface area contributed by atoms with Gasteiger partial charge in [0.1, 0.15) is 11.2 Å². The summed E-state index contributed by atoms with van der Waals surface area (Å²) in [5.41, 5.74) is 0.0245. The van der Waals surface area contributed by atoms with Gasteiger partial charge in [0.25, 0.3) is 11.8 Å². The number of amides is 4. The molecule has 0 atom stereocenters. The van der Waals surface area contributed by atoms with E-state index in [9.17, 15) is 19.2 Å². The molecule has 3 rings (SSSR count). The van der Waals surface area contributed by atoms with E-state index in [4.69, 9.17) is 9.47 Å². The molecule has 2 N–H and O–H groups in total. The molecule has 2 aromatic rings. The van der Waals surface area contributed by atoms with E-state index in [0.29, 0.717) is 50.1 Å². The van der Waals surface area contributed by atoms with Gasteiger partial charge >= 0.3 is 12.2 Å². The molecule has 0 radical (unpaired) electrons. The van der Waals surface area contributed by atoms with Gasteiger partial charge in [0, 0.05) is 42.7 Å².